The molecule has 0 saturated carbocycles. The summed E-state index contributed by atoms with van der Waals surface area (Å²) in [4.78, 5) is 14.9. The summed E-state index contributed by atoms with van der Waals surface area (Å²) in [6.07, 6.45) is 2.01. The smallest absolute Gasteiger partial charge is 0.252 e. The first kappa shape index (κ1) is 18.3. The van der Waals surface area contributed by atoms with Crippen molar-refractivity contribution in [1.82, 2.24) is 14.8 Å². The highest BCUT2D eigenvalue weighted by atomic mass is 35.5. The molecule has 0 aliphatic carbocycles. The average Bonchev–Trinajstić information content (AvgIpc) is 3.02. The van der Waals surface area contributed by atoms with E-state index < -0.39 is 0 Å². The van der Waals surface area contributed by atoms with Crippen LogP contribution >= 0.6 is 23.2 Å². The molecule has 1 aliphatic heterocycles. The van der Waals surface area contributed by atoms with E-state index in [4.69, 9.17) is 27.9 Å². The number of benzene rings is 1. The zero-order valence-corrected chi connectivity index (χ0v) is 15.6. The fourth-order valence-corrected chi connectivity index (χ4v) is 3.58. The maximum absolute atomic E-state index is 12.5. The number of aryl methyl sites for hydroxylation is 1. The molecule has 1 saturated heterocycles. The maximum Gasteiger partial charge on any atom is 0.252 e. The minimum Gasteiger partial charge on any atom is -0.379 e. The van der Waals surface area contributed by atoms with Gasteiger partial charge < -0.3 is 14.6 Å². The Morgan fingerprint density at radius 3 is 2.68 bits per heavy atom. The van der Waals surface area contributed by atoms with Gasteiger partial charge in [-0.25, -0.2) is 0 Å². The third-order valence-electron chi connectivity index (χ3n) is 4.44. The zero-order chi connectivity index (χ0) is 17.8. The summed E-state index contributed by atoms with van der Waals surface area (Å²) in [5.41, 5.74) is 1.59. The Hall–Kier alpha value is -1.53. The van der Waals surface area contributed by atoms with Gasteiger partial charge in [-0.3, -0.25) is 9.69 Å². The standard InChI is InChI=1S/C18H21Cl2N3O2/c1-22-6-2-3-16(22)17(23-7-9-25-10-8-23)12-21-18(24)14-5-4-13(19)11-15(14)20/h2-6,11,17H,7-10,12H2,1H3,(H,21,24)/t17-/m1/s1. The fourth-order valence-electron chi connectivity index (χ4n) is 3.09. The first-order valence-corrected chi connectivity index (χ1v) is 8.98. The second-order valence-corrected chi connectivity index (χ2v) is 6.89. The molecular formula is C18H21Cl2N3O2. The molecule has 1 amide bonds. The molecule has 0 bridgehead atoms. The molecule has 134 valence electrons. The van der Waals surface area contributed by atoms with Crippen molar-refractivity contribution in [1.29, 1.82) is 0 Å². The predicted molar refractivity (Wildman–Crippen MR) is 99.3 cm³/mol. The molecule has 2 aromatic rings. The topological polar surface area (TPSA) is 46.5 Å². The van der Waals surface area contributed by atoms with E-state index in [1.807, 2.05) is 19.3 Å². The van der Waals surface area contributed by atoms with E-state index in [-0.39, 0.29) is 11.9 Å². The summed E-state index contributed by atoms with van der Waals surface area (Å²) in [7, 11) is 2.01. The Morgan fingerprint density at radius 2 is 2.04 bits per heavy atom. The summed E-state index contributed by atoms with van der Waals surface area (Å²) >= 11 is 12.0. The van der Waals surface area contributed by atoms with Crippen LogP contribution in [-0.4, -0.2) is 48.2 Å². The third-order valence-corrected chi connectivity index (χ3v) is 4.99. The number of carbonyl (C=O) groups excluding carboxylic acids is 1. The lowest BCUT2D eigenvalue weighted by atomic mass is 10.1. The van der Waals surface area contributed by atoms with Crippen LogP contribution in [0.2, 0.25) is 10.0 Å². The molecule has 7 heteroatoms. The average molecular weight is 382 g/mol. The minimum absolute atomic E-state index is 0.0823. The Labute approximate surface area is 157 Å². The summed E-state index contributed by atoms with van der Waals surface area (Å²) in [6.45, 7) is 3.59. The van der Waals surface area contributed by atoms with Gasteiger partial charge in [0.1, 0.15) is 0 Å². The van der Waals surface area contributed by atoms with Crippen molar-refractivity contribution < 1.29 is 9.53 Å². The molecule has 1 aromatic heterocycles. The van der Waals surface area contributed by atoms with Crippen molar-refractivity contribution in [3.63, 3.8) is 0 Å². The van der Waals surface area contributed by atoms with E-state index in [9.17, 15) is 4.79 Å². The van der Waals surface area contributed by atoms with Crippen molar-refractivity contribution in [2.75, 3.05) is 32.8 Å². The minimum atomic E-state index is -0.200. The van der Waals surface area contributed by atoms with Gasteiger partial charge in [0.25, 0.3) is 5.91 Å². The van der Waals surface area contributed by atoms with Crippen LogP contribution in [0.1, 0.15) is 22.1 Å². The van der Waals surface area contributed by atoms with E-state index in [1.165, 1.54) is 0 Å². The SMILES string of the molecule is Cn1cccc1[C@@H](CNC(=O)c1ccc(Cl)cc1Cl)N1CCOCC1. The first-order chi connectivity index (χ1) is 12.1. The molecule has 0 spiro atoms. The van der Waals surface area contributed by atoms with Gasteiger partial charge in [-0.15, -0.1) is 0 Å². The number of nitrogens with zero attached hydrogens (tertiary/aromatic N) is 2. The van der Waals surface area contributed by atoms with Gasteiger partial charge in [0.15, 0.2) is 0 Å². The van der Waals surface area contributed by atoms with Crippen LogP contribution < -0.4 is 5.32 Å². The monoisotopic (exact) mass is 381 g/mol. The highest BCUT2D eigenvalue weighted by molar-refractivity contribution is 6.36. The molecular weight excluding hydrogens is 361 g/mol. The van der Waals surface area contributed by atoms with Gasteiger partial charge in [0.05, 0.1) is 29.8 Å². The molecule has 0 unspecified atom stereocenters. The first-order valence-electron chi connectivity index (χ1n) is 8.22. The summed E-state index contributed by atoms with van der Waals surface area (Å²) in [5, 5.41) is 3.87. The fraction of sp³-hybridized carbons (Fsp3) is 0.389. The number of carbonyl (C=O) groups is 1. The largest absolute Gasteiger partial charge is 0.379 e. The van der Waals surface area contributed by atoms with Gasteiger partial charge in [-0.1, -0.05) is 23.2 Å². The molecule has 1 N–H and O–H groups in total. The summed E-state index contributed by atoms with van der Waals surface area (Å²) in [6, 6.07) is 9.07. The van der Waals surface area contributed by atoms with Crippen LogP contribution in [0.5, 0.6) is 0 Å². The lowest BCUT2D eigenvalue weighted by molar-refractivity contribution is 0.0148. The third kappa shape index (κ3) is 4.36. The second-order valence-electron chi connectivity index (χ2n) is 6.04. The Morgan fingerprint density at radius 1 is 1.28 bits per heavy atom. The molecule has 1 atom stereocenters. The Balaban J connectivity index is 1.74. The van der Waals surface area contributed by atoms with Gasteiger partial charge in [0, 0.05) is 43.6 Å². The van der Waals surface area contributed by atoms with E-state index in [2.05, 4.69) is 20.9 Å². The molecule has 1 aromatic carbocycles. The lowest BCUT2D eigenvalue weighted by Crippen LogP contribution is -2.44. The number of hydrogen-bond donors (Lipinski definition) is 1. The second kappa shape index (κ2) is 8.23. The van der Waals surface area contributed by atoms with E-state index in [0.29, 0.717) is 35.4 Å². The van der Waals surface area contributed by atoms with Crippen LogP contribution in [0.25, 0.3) is 0 Å². The summed E-state index contributed by atoms with van der Waals surface area (Å²) in [5.74, 6) is -0.200. The number of aromatic nitrogens is 1. The molecule has 0 radical (unpaired) electrons. The Kier molecular flexibility index (Phi) is 6.02. The summed E-state index contributed by atoms with van der Waals surface area (Å²) < 4.78 is 7.54. The molecule has 5 nitrogen and oxygen atoms in total. The number of hydrogen-bond acceptors (Lipinski definition) is 3. The van der Waals surface area contributed by atoms with Crippen molar-refractivity contribution in [2.45, 2.75) is 6.04 Å². The Bertz CT molecular complexity index is 742. The molecule has 3 rings (SSSR count). The van der Waals surface area contributed by atoms with Crippen molar-refractivity contribution >= 4 is 29.1 Å². The zero-order valence-electron chi connectivity index (χ0n) is 14.0. The molecule has 1 aliphatic rings. The van der Waals surface area contributed by atoms with Crippen molar-refractivity contribution in [3.8, 4) is 0 Å². The lowest BCUT2D eigenvalue weighted by Gasteiger charge is -2.35. The van der Waals surface area contributed by atoms with Gasteiger partial charge in [-0.2, -0.15) is 0 Å². The van der Waals surface area contributed by atoms with Crippen LogP contribution in [0.15, 0.2) is 36.5 Å². The normalized spacial score (nSPS) is 16.6. The van der Waals surface area contributed by atoms with Gasteiger partial charge in [0.2, 0.25) is 0 Å². The van der Waals surface area contributed by atoms with E-state index in [0.717, 1.165) is 18.8 Å². The van der Waals surface area contributed by atoms with Crippen molar-refractivity contribution in [3.05, 3.63) is 57.8 Å². The van der Waals surface area contributed by atoms with Gasteiger partial charge in [-0.05, 0) is 30.3 Å². The maximum atomic E-state index is 12.5. The van der Waals surface area contributed by atoms with E-state index in [1.54, 1.807) is 18.2 Å². The van der Waals surface area contributed by atoms with Crippen LogP contribution in [-0.2, 0) is 11.8 Å². The van der Waals surface area contributed by atoms with Crippen molar-refractivity contribution in [2.24, 2.45) is 7.05 Å². The van der Waals surface area contributed by atoms with E-state index >= 15 is 0 Å². The molecule has 1 fully saturated rings. The quantitative estimate of drug-likeness (QED) is 0.865. The number of morpholine rings is 1. The number of halogens is 2. The molecule has 25 heavy (non-hydrogen) atoms. The van der Waals surface area contributed by atoms with Crippen LogP contribution in [0, 0.1) is 0 Å². The predicted octanol–water partition coefficient (Wildman–Crippen LogP) is 3.14. The highest BCUT2D eigenvalue weighted by Crippen LogP contribution is 2.23. The number of ether oxygens (including phenoxy) is 1. The number of rotatable bonds is 5. The highest BCUT2D eigenvalue weighted by Gasteiger charge is 2.25. The molecule has 2 heterocycles. The van der Waals surface area contributed by atoms with Crippen LogP contribution in [0.4, 0.5) is 0 Å². The van der Waals surface area contributed by atoms with Crippen LogP contribution in [0.3, 0.4) is 0 Å². The number of nitrogens with one attached hydrogen (secondary N) is 1. The van der Waals surface area contributed by atoms with Gasteiger partial charge >= 0.3 is 0 Å². The number of amides is 1.